The van der Waals surface area contributed by atoms with Crippen LogP contribution in [0.15, 0.2) is 36.4 Å². The SMILES string of the molecule is Cc1cccc(C)c1OCCNC(=O)c1ccc(N)c([N+](=O)[O-])c1. The van der Waals surface area contributed by atoms with Gasteiger partial charge >= 0.3 is 0 Å². The number of carbonyl (C=O) groups is 1. The molecule has 24 heavy (non-hydrogen) atoms. The van der Waals surface area contributed by atoms with Crippen LogP contribution in [0.4, 0.5) is 11.4 Å². The standard InChI is InChI=1S/C17H19N3O4/c1-11-4-3-5-12(2)16(11)24-9-8-19-17(21)13-6-7-14(18)15(10-13)20(22)23/h3-7,10H,8-9,18H2,1-2H3,(H,19,21). The summed E-state index contributed by atoms with van der Waals surface area (Å²) in [5, 5.41) is 13.5. The molecule has 2 rings (SSSR count). The Morgan fingerprint density at radius 3 is 2.54 bits per heavy atom. The summed E-state index contributed by atoms with van der Waals surface area (Å²) in [5.74, 6) is 0.387. The smallest absolute Gasteiger partial charge is 0.292 e. The summed E-state index contributed by atoms with van der Waals surface area (Å²) in [7, 11) is 0. The average molecular weight is 329 g/mol. The van der Waals surface area contributed by atoms with Crippen molar-refractivity contribution in [3.63, 3.8) is 0 Å². The second-order valence-electron chi connectivity index (χ2n) is 5.36. The number of hydrogen-bond donors (Lipinski definition) is 2. The third kappa shape index (κ3) is 4.01. The van der Waals surface area contributed by atoms with Crippen molar-refractivity contribution in [1.29, 1.82) is 0 Å². The largest absolute Gasteiger partial charge is 0.491 e. The summed E-state index contributed by atoms with van der Waals surface area (Å²) in [6, 6.07) is 9.82. The molecule has 0 saturated carbocycles. The summed E-state index contributed by atoms with van der Waals surface area (Å²) >= 11 is 0. The molecule has 0 spiro atoms. The zero-order chi connectivity index (χ0) is 17.7. The molecule has 0 unspecified atom stereocenters. The molecule has 0 radical (unpaired) electrons. The summed E-state index contributed by atoms with van der Waals surface area (Å²) in [6.07, 6.45) is 0. The van der Waals surface area contributed by atoms with Gasteiger partial charge in [0.15, 0.2) is 0 Å². The highest BCUT2D eigenvalue weighted by molar-refractivity contribution is 5.95. The van der Waals surface area contributed by atoms with E-state index >= 15 is 0 Å². The number of carbonyl (C=O) groups excluding carboxylic acids is 1. The quantitative estimate of drug-likeness (QED) is 0.366. The number of hydrogen-bond acceptors (Lipinski definition) is 5. The Balaban J connectivity index is 1.92. The number of nitro groups is 1. The summed E-state index contributed by atoms with van der Waals surface area (Å²) in [6.45, 7) is 4.49. The van der Waals surface area contributed by atoms with Crippen LogP contribution in [0.1, 0.15) is 21.5 Å². The van der Waals surface area contributed by atoms with Gasteiger partial charge in [0.25, 0.3) is 11.6 Å². The molecule has 0 aliphatic rings. The van der Waals surface area contributed by atoms with E-state index in [1.54, 1.807) is 0 Å². The number of rotatable bonds is 6. The maximum atomic E-state index is 12.0. The zero-order valence-electron chi connectivity index (χ0n) is 13.5. The number of nitrogen functional groups attached to an aromatic ring is 1. The first kappa shape index (κ1) is 17.3. The molecule has 3 N–H and O–H groups in total. The first-order chi connectivity index (χ1) is 11.4. The summed E-state index contributed by atoms with van der Waals surface area (Å²) in [4.78, 5) is 22.3. The van der Waals surface area contributed by atoms with E-state index in [0.717, 1.165) is 22.9 Å². The maximum absolute atomic E-state index is 12.0. The van der Waals surface area contributed by atoms with Crippen LogP contribution in [0.3, 0.4) is 0 Å². The van der Waals surface area contributed by atoms with Gasteiger partial charge in [0.2, 0.25) is 0 Å². The zero-order valence-corrected chi connectivity index (χ0v) is 13.5. The number of para-hydroxylation sites is 1. The van der Waals surface area contributed by atoms with Crippen LogP contribution in [-0.4, -0.2) is 24.0 Å². The van der Waals surface area contributed by atoms with Crippen LogP contribution in [0.5, 0.6) is 5.75 Å². The first-order valence-electron chi connectivity index (χ1n) is 7.41. The van der Waals surface area contributed by atoms with Gasteiger partial charge < -0.3 is 15.8 Å². The van der Waals surface area contributed by atoms with Crippen molar-refractivity contribution < 1.29 is 14.5 Å². The number of anilines is 1. The molecular weight excluding hydrogens is 310 g/mol. The molecule has 7 heteroatoms. The van der Waals surface area contributed by atoms with E-state index in [2.05, 4.69) is 5.32 Å². The Morgan fingerprint density at radius 1 is 1.25 bits per heavy atom. The fourth-order valence-electron chi connectivity index (χ4n) is 2.29. The topological polar surface area (TPSA) is 107 Å². The lowest BCUT2D eigenvalue weighted by Gasteiger charge is -2.12. The predicted octanol–water partition coefficient (Wildman–Crippen LogP) is 2.60. The van der Waals surface area contributed by atoms with Gasteiger partial charge in [-0.05, 0) is 37.1 Å². The molecule has 0 bridgehead atoms. The Hall–Kier alpha value is -3.09. The minimum absolute atomic E-state index is 0.0231. The molecule has 7 nitrogen and oxygen atoms in total. The number of nitro benzene ring substituents is 1. The van der Waals surface area contributed by atoms with E-state index in [1.165, 1.54) is 12.1 Å². The lowest BCUT2D eigenvalue weighted by molar-refractivity contribution is -0.383. The van der Waals surface area contributed by atoms with Crippen molar-refractivity contribution in [2.45, 2.75) is 13.8 Å². The second-order valence-corrected chi connectivity index (χ2v) is 5.36. The predicted molar refractivity (Wildman–Crippen MR) is 91.3 cm³/mol. The Morgan fingerprint density at radius 2 is 1.92 bits per heavy atom. The molecule has 126 valence electrons. The number of benzene rings is 2. The van der Waals surface area contributed by atoms with Gasteiger partial charge in [0.1, 0.15) is 18.0 Å². The van der Waals surface area contributed by atoms with Gasteiger partial charge in [-0.15, -0.1) is 0 Å². The fourth-order valence-corrected chi connectivity index (χ4v) is 2.29. The fraction of sp³-hybridized carbons (Fsp3) is 0.235. The molecular formula is C17H19N3O4. The van der Waals surface area contributed by atoms with Crippen molar-refractivity contribution in [2.75, 3.05) is 18.9 Å². The second kappa shape index (κ2) is 7.45. The van der Waals surface area contributed by atoms with Crippen LogP contribution >= 0.6 is 0 Å². The van der Waals surface area contributed by atoms with E-state index in [1.807, 2.05) is 32.0 Å². The summed E-state index contributed by atoms with van der Waals surface area (Å²) < 4.78 is 5.69. The van der Waals surface area contributed by atoms with Gasteiger partial charge in [-0.2, -0.15) is 0 Å². The molecule has 2 aromatic carbocycles. The number of nitrogens with zero attached hydrogens (tertiary/aromatic N) is 1. The van der Waals surface area contributed by atoms with Crippen LogP contribution in [0, 0.1) is 24.0 Å². The number of nitrogens with one attached hydrogen (secondary N) is 1. The Kier molecular flexibility index (Phi) is 5.36. The molecule has 1 amide bonds. The number of ether oxygens (including phenoxy) is 1. The average Bonchev–Trinajstić information content (AvgIpc) is 2.53. The van der Waals surface area contributed by atoms with Crippen LogP contribution in [0.25, 0.3) is 0 Å². The molecule has 0 saturated heterocycles. The Bertz CT molecular complexity index is 754. The van der Waals surface area contributed by atoms with E-state index < -0.39 is 10.8 Å². The van der Waals surface area contributed by atoms with Crippen molar-refractivity contribution in [3.8, 4) is 5.75 Å². The van der Waals surface area contributed by atoms with Gasteiger partial charge in [-0.3, -0.25) is 14.9 Å². The first-order valence-corrected chi connectivity index (χ1v) is 7.41. The maximum Gasteiger partial charge on any atom is 0.292 e. The van der Waals surface area contributed by atoms with Gasteiger partial charge in [-0.1, -0.05) is 18.2 Å². The monoisotopic (exact) mass is 329 g/mol. The van der Waals surface area contributed by atoms with Crippen LogP contribution in [-0.2, 0) is 0 Å². The summed E-state index contributed by atoms with van der Waals surface area (Å²) in [5.41, 5.74) is 7.48. The number of aryl methyl sites for hydroxylation is 2. The molecule has 0 aliphatic carbocycles. The van der Waals surface area contributed by atoms with Gasteiger partial charge in [-0.25, -0.2) is 0 Å². The molecule has 0 aromatic heterocycles. The molecule has 0 atom stereocenters. The van der Waals surface area contributed by atoms with Gasteiger partial charge in [0.05, 0.1) is 11.5 Å². The van der Waals surface area contributed by atoms with E-state index in [0.29, 0.717) is 6.61 Å². The van der Waals surface area contributed by atoms with Crippen LogP contribution in [0.2, 0.25) is 0 Å². The van der Waals surface area contributed by atoms with Crippen molar-refractivity contribution in [3.05, 3.63) is 63.2 Å². The number of amides is 1. The van der Waals surface area contributed by atoms with E-state index in [9.17, 15) is 14.9 Å². The van der Waals surface area contributed by atoms with E-state index in [4.69, 9.17) is 10.5 Å². The number of nitrogens with two attached hydrogens (primary N) is 1. The van der Waals surface area contributed by atoms with Gasteiger partial charge in [0, 0.05) is 11.6 Å². The third-order valence-corrected chi connectivity index (χ3v) is 3.53. The molecule has 2 aromatic rings. The van der Waals surface area contributed by atoms with Crippen molar-refractivity contribution >= 4 is 17.3 Å². The third-order valence-electron chi connectivity index (χ3n) is 3.53. The minimum Gasteiger partial charge on any atom is -0.491 e. The van der Waals surface area contributed by atoms with Crippen molar-refractivity contribution in [1.82, 2.24) is 5.32 Å². The van der Waals surface area contributed by atoms with Crippen molar-refractivity contribution in [2.24, 2.45) is 0 Å². The minimum atomic E-state index is -0.615. The highest BCUT2D eigenvalue weighted by Gasteiger charge is 2.15. The lowest BCUT2D eigenvalue weighted by atomic mass is 10.1. The molecule has 0 fully saturated rings. The lowest BCUT2D eigenvalue weighted by Crippen LogP contribution is -2.28. The highest BCUT2D eigenvalue weighted by Crippen LogP contribution is 2.23. The van der Waals surface area contributed by atoms with E-state index in [-0.39, 0.29) is 23.5 Å². The molecule has 0 heterocycles. The normalized spacial score (nSPS) is 10.2. The highest BCUT2D eigenvalue weighted by atomic mass is 16.6. The van der Waals surface area contributed by atoms with Crippen LogP contribution < -0.4 is 15.8 Å². The molecule has 0 aliphatic heterocycles. The Labute approximate surface area is 139 Å².